The number of para-hydroxylation sites is 2. The van der Waals surface area contributed by atoms with Crippen molar-refractivity contribution in [2.75, 3.05) is 0 Å². The smallest absolute Gasteiger partial charge is 0.167 e. The third-order valence-corrected chi connectivity index (χ3v) is 11.0. The lowest BCUT2D eigenvalue weighted by Gasteiger charge is -2.09. The predicted molar refractivity (Wildman–Crippen MR) is 209 cm³/mol. The van der Waals surface area contributed by atoms with Crippen molar-refractivity contribution in [2.24, 2.45) is 0 Å². The molecule has 7 aromatic carbocycles. The summed E-state index contributed by atoms with van der Waals surface area (Å²) in [5, 5.41) is 6.64. The Morgan fingerprint density at radius 3 is 1.80 bits per heavy atom. The fourth-order valence-corrected chi connectivity index (χ4v) is 8.73. The van der Waals surface area contributed by atoms with Gasteiger partial charge in [-0.1, -0.05) is 121 Å². The van der Waals surface area contributed by atoms with Crippen LogP contribution in [0.5, 0.6) is 0 Å². The van der Waals surface area contributed by atoms with Crippen LogP contribution in [-0.2, 0) is 0 Å². The molecule has 0 saturated heterocycles. The average Bonchev–Trinajstić information content (AvgIpc) is 3.89. The van der Waals surface area contributed by atoms with Gasteiger partial charge >= 0.3 is 0 Å². The summed E-state index contributed by atoms with van der Waals surface area (Å²) in [6, 6.07) is 52.0. The fourth-order valence-electron chi connectivity index (χ4n) is 7.50. The molecule has 0 aliphatic carbocycles. The van der Waals surface area contributed by atoms with Crippen molar-refractivity contribution in [3.8, 4) is 45.3 Å². The number of rotatable bonds is 4. The van der Waals surface area contributed by atoms with Gasteiger partial charge < -0.3 is 8.83 Å². The third-order valence-electron chi connectivity index (χ3n) is 9.77. The Hall–Kier alpha value is -6.63. The quantitative estimate of drug-likeness (QED) is 0.186. The molecule has 0 amide bonds. The van der Waals surface area contributed by atoms with Crippen LogP contribution in [-0.4, -0.2) is 15.0 Å². The van der Waals surface area contributed by atoms with Gasteiger partial charge in [-0.15, -0.1) is 11.3 Å². The molecule has 0 radical (unpaired) electrons. The summed E-state index contributed by atoms with van der Waals surface area (Å²) in [5.74, 6) is 1.70. The Morgan fingerprint density at radius 2 is 0.941 bits per heavy atom. The van der Waals surface area contributed by atoms with Crippen molar-refractivity contribution < 1.29 is 8.83 Å². The molecule has 0 unspecified atom stereocenters. The van der Waals surface area contributed by atoms with E-state index >= 15 is 0 Å². The van der Waals surface area contributed by atoms with E-state index in [1.165, 1.54) is 25.7 Å². The number of thiophene rings is 1. The van der Waals surface area contributed by atoms with E-state index in [0.717, 1.165) is 66.1 Å². The van der Waals surface area contributed by atoms with Crippen LogP contribution in [0.2, 0.25) is 0 Å². The molecule has 6 heteroatoms. The SMILES string of the molecule is c1ccc(-c2nc(-c3cccc4c3oc3cccc(-c5cccc6c5sc5ccccc56)c34)nc(-c3cccc4oc5ccccc5c34)n2)cc1. The molecule has 0 fully saturated rings. The van der Waals surface area contributed by atoms with E-state index in [9.17, 15) is 0 Å². The lowest BCUT2D eigenvalue weighted by molar-refractivity contribution is 0.668. The van der Waals surface area contributed by atoms with Crippen LogP contribution in [0.1, 0.15) is 0 Å². The highest BCUT2D eigenvalue weighted by molar-refractivity contribution is 7.26. The lowest BCUT2D eigenvalue weighted by atomic mass is 9.97. The highest BCUT2D eigenvalue weighted by atomic mass is 32.1. The fraction of sp³-hybridized carbons (Fsp3) is 0. The second-order valence-electron chi connectivity index (χ2n) is 12.7. The number of hydrogen-bond donors (Lipinski definition) is 0. The van der Waals surface area contributed by atoms with Gasteiger partial charge in [-0.05, 0) is 35.9 Å². The van der Waals surface area contributed by atoms with Crippen LogP contribution in [0, 0.1) is 0 Å². The Balaban J connectivity index is 1.16. The monoisotopic (exact) mass is 671 g/mol. The summed E-state index contributed by atoms with van der Waals surface area (Å²) >= 11 is 1.84. The van der Waals surface area contributed by atoms with Gasteiger partial charge in [0.05, 0.1) is 5.56 Å². The van der Waals surface area contributed by atoms with Crippen molar-refractivity contribution in [1.29, 1.82) is 0 Å². The van der Waals surface area contributed by atoms with Gasteiger partial charge in [-0.2, -0.15) is 0 Å². The van der Waals surface area contributed by atoms with Crippen LogP contribution in [0.25, 0.3) is 109 Å². The zero-order chi connectivity index (χ0) is 33.5. The Bertz CT molecular complexity index is 3160. The molecular formula is C45H25N3O2S. The molecule has 4 heterocycles. The van der Waals surface area contributed by atoms with Crippen LogP contribution in [0.3, 0.4) is 0 Å². The summed E-state index contributed by atoms with van der Waals surface area (Å²) in [5.41, 5.74) is 8.11. The van der Waals surface area contributed by atoms with Crippen LogP contribution >= 0.6 is 11.3 Å². The van der Waals surface area contributed by atoms with Gasteiger partial charge in [0.25, 0.3) is 0 Å². The van der Waals surface area contributed by atoms with E-state index in [1.807, 2.05) is 84.1 Å². The first-order chi connectivity index (χ1) is 25.3. The Kier molecular flexibility index (Phi) is 6.05. The largest absolute Gasteiger partial charge is 0.456 e. The van der Waals surface area contributed by atoms with Gasteiger partial charge in [0.15, 0.2) is 17.5 Å². The summed E-state index contributed by atoms with van der Waals surface area (Å²) in [7, 11) is 0. The molecule has 51 heavy (non-hydrogen) atoms. The molecule has 5 nitrogen and oxygen atoms in total. The Labute approximate surface area is 295 Å². The van der Waals surface area contributed by atoms with Crippen molar-refractivity contribution >= 4 is 75.4 Å². The summed E-state index contributed by atoms with van der Waals surface area (Å²) in [4.78, 5) is 15.3. The minimum atomic E-state index is 0.543. The van der Waals surface area contributed by atoms with Gasteiger partial charge in [-0.3, -0.25) is 0 Å². The first-order valence-electron chi connectivity index (χ1n) is 16.9. The maximum Gasteiger partial charge on any atom is 0.167 e. The van der Waals surface area contributed by atoms with Crippen molar-refractivity contribution in [3.63, 3.8) is 0 Å². The van der Waals surface area contributed by atoms with Crippen LogP contribution in [0.15, 0.2) is 160 Å². The predicted octanol–water partition coefficient (Wildman–Crippen LogP) is 12.7. The second kappa shape index (κ2) is 10.9. The Morgan fingerprint density at radius 1 is 0.373 bits per heavy atom. The highest BCUT2D eigenvalue weighted by Crippen LogP contribution is 2.45. The third kappa shape index (κ3) is 4.30. The van der Waals surface area contributed by atoms with E-state index in [4.69, 9.17) is 23.8 Å². The van der Waals surface area contributed by atoms with Gasteiger partial charge in [-0.25, -0.2) is 15.0 Å². The zero-order valence-corrected chi connectivity index (χ0v) is 27.8. The van der Waals surface area contributed by atoms with Gasteiger partial charge in [0.2, 0.25) is 0 Å². The minimum Gasteiger partial charge on any atom is -0.456 e. The molecule has 0 atom stereocenters. The normalized spacial score (nSPS) is 11.9. The van der Waals surface area contributed by atoms with Gasteiger partial charge in [0, 0.05) is 58.4 Å². The molecule has 0 saturated carbocycles. The number of fused-ring (bicyclic) bond motifs is 9. The molecule has 0 spiro atoms. The summed E-state index contributed by atoms with van der Waals surface area (Å²) < 4.78 is 15.6. The van der Waals surface area contributed by atoms with Crippen LogP contribution in [0.4, 0.5) is 0 Å². The first kappa shape index (κ1) is 28.2. The molecule has 0 aliphatic rings. The van der Waals surface area contributed by atoms with E-state index in [2.05, 4.69) is 78.9 Å². The number of nitrogens with zero attached hydrogens (tertiary/aromatic N) is 3. The molecule has 0 N–H and O–H groups in total. The molecular weight excluding hydrogens is 647 g/mol. The number of furan rings is 2. The van der Waals surface area contributed by atoms with Crippen molar-refractivity contribution in [1.82, 2.24) is 15.0 Å². The highest BCUT2D eigenvalue weighted by Gasteiger charge is 2.22. The lowest BCUT2D eigenvalue weighted by Crippen LogP contribution is -2.00. The van der Waals surface area contributed by atoms with Crippen LogP contribution < -0.4 is 0 Å². The minimum absolute atomic E-state index is 0.543. The molecule has 11 rings (SSSR count). The molecule has 0 aliphatic heterocycles. The van der Waals surface area contributed by atoms with Gasteiger partial charge in [0.1, 0.15) is 22.3 Å². The van der Waals surface area contributed by atoms with E-state index in [-0.39, 0.29) is 0 Å². The topological polar surface area (TPSA) is 65.0 Å². The second-order valence-corrected chi connectivity index (χ2v) is 13.7. The standard InChI is InChI=1S/C45H25N3O2S/c1-2-12-26(13-3-1)43-46-44(33-20-11-23-36-40(33)31-15-4-6-22-35(31)49-36)48-45(47-43)34-21-9-19-32-39-28(16-10-24-37(39)50-41(32)34)30-18-8-17-29-27-14-5-7-25-38(27)51-42(29)30/h1-25H. The van der Waals surface area contributed by atoms with E-state index in [0.29, 0.717) is 17.5 Å². The molecule has 11 aromatic rings. The summed E-state index contributed by atoms with van der Waals surface area (Å²) in [6.45, 7) is 0. The van der Waals surface area contributed by atoms with Crippen molar-refractivity contribution in [2.45, 2.75) is 0 Å². The number of aromatic nitrogens is 3. The molecule has 0 bridgehead atoms. The summed E-state index contributed by atoms with van der Waals surface area (Å²) in [6.07, 6.45) is 0. The zero-order valence-electron chi connectivity index (χ0n) is 27.0. The van der Waals surface area contributed by atoms with E-state index < -0.39 is 0 Å². The molecule has 4 aromatic heterocycles. The first-order valence-corrected chi connectivity index (χ1v) is 17.7. The maximum absolute atomic E-state index is 6.77. The maximum atomic E-state index is 6.77. The average molecular weight is 672 g/mol. The number of hydrogen-bond acceptors (Lipinski definition) is 6. The van der Waals surface area contributed by atoms with E-state index in [1.54, 1.807) is 0 Å². The number of benzene rings is 7. The molecule has 238 valence electrons. The van der Waals surface area contributed by atoms with Crippen molar-refractivity contribution in [3.05, 3.63) is 152 Å².